The molecule has 0 radical (unpaired) electrons. The summed E-state index contributed by atoms with van der Waals surface area (Å²) in [6.07, 6.45) is 3.50. The zero-order valence-corrected chi connectivity index (χ0v) is 18.5. The van der Waals surface area contributed by atoms with Gasteiger partial charge in [-0.05, 0) is 55.0 Å². The highest BCUT2D eigenvalue weighted by Gasteiger charge is 2.21. The molecule has 5 nitrogen and oxygen atoms in total. The fraction of sp³-hybridized carbons (Fsp3) is 0.500. The first-order valence-corrected chi connectivity index (χ1v) is 11.7. The Kier molecular flexibility index (Phi) is 8.11. The van der Waals surface area contributed by atoms with Crippen LogP contribution in [0.4, 0.5) is 0 Å². The number of hydrogen-bond donors (Lipinski definition) is 1. The van der Waals surface area contributed by atoms with Crippen LogP contribution in [0.25, 0.3) is 0 Å². The summed E-state index contributed by atoms with van der Waals surface area (Å²) >= 11 is 0. The van der Waals surface area contributed by atoms with Gasteiger partial charge in [0.15, 0.2) is 0 Å². The van der Waals surface area contributed by atoms with E-state index in [4.69, 9.17) is 4.74 Å². The van der Waals surface area contributed by atoms with Gasteiger partial charge < -0.3 is 10.1 Å². The van der Waals surface area contributed by atoms with E-state index < -0.39 is 0 Å². The molecule has 4 rings (SSSR count). The average Bonchev–Trinajstić information content (AvgIpc) is 2.81. The van der Waals surface area contributed by atoms with E-state index in [1.54, 1.807) is 0 Å². The summed E-state index contributed by atoms with van der Waals surface area (Å²) in [4.78, 5) is 17.3. The first-order chi connectivity index (χ1) is 15.3. The lowest BCUT2D eigenvalue weighted by molar-refractivity contribution is -0.122. The van der Waals surface area contributed by atoms with E-state index in [0.29, 0.717) is 13.1 Å². The third-order valence-corrected chi connectivity index (χ3v) is 6.53. The number of nitrogens with one attached hydrogen (secondary N) is 1. The van der Waals surface area contributed by atoms with Crippen molar-refractivity contribution in [2.24, 2.45) is 5.92 Å². The third kappa shape index (κ3) is 6.89. The zero-order chi connectivity index (χ0) is 21.3. The number of rotatable bonds is 8. The molecule has 0 saturated carbocycles. The van der Waals surface area contributed by atoms with Crippen molar-refractivity contribution in [3.8, 4) is 0 Å². The molecule has 0 unspecified atom stereocenters. The van der Waals surface area contributed by atoms with E-state index in [9.17, 15) is 4.79 Å². The van der Waals surface area contributed by atoms with Gasteiger partial charge >= 0.3 is 0 Å². The molecule has 0 aromatic heterocycles. The van der Waals surface area contributed by atoms with E-state index in [0.717, 1.165) is 58.3 Å². The van der Waals surface area contributed by atoms with Gasteiger partial charge in [-0.2, -0.15) is 0 Å². The number of morpholine rings is 1. The summed E-state index contributed by atoms with van der Waals surface area (Å²) in [5, 5.41) is 3.15. The SMILES string of the molecule is O=C(CN1CCC(Cc2ccccc2)CC1)NCc1ccccc1CN1CCOCC1. The number of carbonyl (C=O) groups is 1. The van der Waals surface area contributed by atoms with Crippen LogP contribution in [0, 0.1) is 5.92 Å². The minimum absolute atomic E-state index is 0.127. The normalized spacial score (nSPS) is 18.7. The van der Waals surface area contributed by atoms with Gasteiger partial charge in [0.25, 0.3) is 0 Å². The Balaban J connectivity index is 1.19. The van der Waals surface area contributed by atoms with Gasteiger partial charge in [0.05, 0.1) is 19.8 Å². The van der Waals surface area contributed by atoms with Crippen LogP contribution in [0.15, 0.2) is 54.6 Å². The number of carbonyl (C=O) groups excluding carboxylic acids is 1. The Morgan fingerprint density at radius 2 is 1.55 bits per heavy atom. The predicted octanol–water partition coefficient (Wildman–Crippen LogP) is 3.09. The third-order valence-electron chi connectivity index (χ3n) is 6.53. The number of amides is 1. The second-order valence-corrected chi connectivity index (χ2v) is 8.84. The van der Waals surface area contributed by atoms with Crippen molar-refractivity contribution < 1.29 is 9.53 Å². The maximum atomic E-state index is 12.6. The van der Waals surface area contributed by atoms with Crippen LogP contribution < -0.4 is 5.32 Å². The summed E-state index contributed by atoms with van der Waals surface area (Å²) < 4.78 is 5.45. The van der Waals surface area contributed by atoms with Gasteiger partial charge in [-0.25, -0.2) is 0 Å². The van der Waals surface area contributed by atoms with Gasteiger partial charge in [0.2, 0.25) is 5.91 Å². The highest BCUT2D eigenvalue weighted by molar-refractivity contribution is 5.78. The lowest BCUT2D eigenvalue weighted by Gasteiger charge is -2.31. The number of likely N-dealkylation sites (tertiary alicyclic amines) is 1. The largest absolute Gasteiger partial charge is 0.379 e. The molecular formula is C26H35N3O2. The lowest BCUT2D eigenvalue weighted by Crippen LogP contribution is -2.41. The molecule has 31 heavy (non-hydrogen) atoms. The first-order valence-electron chi connectivity index (χ1n) is 11.7. The van der Waals surface area contributed by atoms with Crippen molar-refractivity contribution in [3.63, 3.8) is 0 Å². The summed E-state index contributed by atoms with van der Waals surface area (Å²) in [5.41, 5.74) is 3.93. The minimum Gasteiger partial charge on any atom is -0.379 e. The average molecular weight is 422 g/mol. The molecule has 1 N–H and O–H groups in total. The van der Waals surface area contributed by atoms with E-state index in [-0.39, 0.29) is 5.91 Å². The summed E-state index contributed by atoms with van der Waals surface area (Å²) in [7, 11) is 0. The molecule has 2 heterocycles. The fourth-order valence-electron chi connectivity index (χ4n) is 4.63. The maximum Gasteiger partial charge on any atom is 0.234 e. The van der Waals surface area contributed by atoms with E-state index in [1.165, 1.54) is 29.5 Å². The molecule has 166 valence electrons. The first kappa shape index (κ1) is 22.0. The summed E-state index contributed by atoms with van der Waals surface area (Å²) in [5.74, 6) is 0.858. The Morgan fingerprint density at radius 1 is 0.871 bits per heavy atom. The molecule has 2 aliphatic heterocycles. The van der Waals surface area contributed by atoms with Crippen molar-refractivity contribution in [1.29, 1.82) is 0 Å². The number of hydrogen-bond acceptors (Lipinski definition) is 4. The van der Waals surface area contributed by atoms with Crippen LogP contribution in [-0.2, 0) is 29.0 Å². The van der Waals surface area contributed by atoms with Gasteiger partial charge in [-0.3, -0.25) is 14.6 Å². The highest BCUT2D eigenvalue weighted by Crippen LogP contribution is 2.21. The predicted molar refractivity (Wildman–Crippen MR) is 124 cm³/mol. The van der Waals surface area contributed by atoms with Crippen molar-refractivity contribution in [2.75, 3.05) is 45.9 Å². The van der Waals surface area contributed by atoms with E-state index in [1.807, 2.05) is 0 Å². The fourth-order valence-corrected chi connectivity index (χ4v) is 4.63. The van der Waals surface area contributed by atoms with Gasteiger partial charge in [0, 0.05) is 26.2 Å². The monoisotopic (exact) mass is 421 g/mol. The van der Waals surface area contributed by atoms with Crippen LogP contribution >= 0.6 is 0 Å². The van der Waals surface area contributed by atoms with Crippen LogP contribution in [0.2, 0.25) is 0 Å². The lowest BCUT2D eigenvalue weighted by atomic mass is 9.90. The zero-order valence-electron chi connectivity index (χ0n) is 18.5. The molecule has 0 bridgehead atoms. The quantitative estimate of drug-likeness (QED) is 0.712. The molecule has 2 aliphatic rings. The molecule has 2 aromatic carbocycles. The van der Waals surface area contributed by atoms with Crippen LogP contribution in [0.5, 0.6) is 0 Å². The van der Waals surface area contributed by atoms with Gasteiger partial charge in [-0.1, -0.05) is 54.6 Å². The van der Waals surface area contributed by atoms with Crippen molar-refractivity contribution in [2.45, 2.75) is 32.4 Å². The van der Waals surface area contributed by atoms with Crippen molar-refractivity contribution in [3.05, 3.63) is 71.3 Å². The Morgan fingerprint density at radius 3 is 2.29 bits per heavy atom. The van der Waals surface area contributed by atoms with Crippen LogP contribution in [0.3, 0.4) is 0 Å². The van der Waals surface area contributed by atoms with Crippen LogP contribution in [0.1, 0.15) is 29.5 Å². The molecular weight excluding hydrogens is 386 g/mol. The van der Waals surface area contributed by atoms with Crippen LogP contribution in [-0.4, -0.2) is 61.6 Å². The van der Waals surface area contributed by atoms with Gasteiger partial charge in [0.1, 0.15) is 0 Å². The second kappa shape index (κ2) is 11.4. The summed E-state index contributed by atoms with van der Waals surface area (Å²) in [6.45, 7) is 7.61. The smallest absolute Gasteiger partial charge is 0.234 e. The van der Waals surface area contributed by atoms with Crippen molar-refractivity contribution >= 4 is 5.91 Å². The second-order valence-electron chi connectivity index (χ2n) is 8.84. The molecule has 2 fully saturated rings. The number of piperidine rings is 1. The Hall–Kier alpha value is -2.21. The highest BCUT2D eigenvalue weighted by atomic mass is 16.5. The number of benzene rings is 2. The molecule has 0 aliphatic carbocycles. The van der Waals surface area contributed by atoms with Gasteiger partial charge in [-0.15, -0.1) is 0 Å². The van der Waals surface area contributed by atoms with Crippen molar-refractivity contribution in [1.82, 2.24) is 15.1 Å². The molecule has 0 atom stereocenters. The molecule has 2 aromatic rings. The molecule has 0 spiro atoms. The van der Waals surface area contributed by atoms with E-state index in [2.05, 4.69) is 69.7 Å². The standard InChI is InChI=1S/C26H35N3O2/c30-26(21-28-12-10-23(11-13-28)18-22-6-2-1-3-7-22)27-19-24-8-4-5-9-25(24)20-29-14-16-31-17-15-29/h1-9,23H,10-21H2,(H,27,30). The number of ether oxygens (including phenoxy) is 1. The number of nitrogens with zero attached hydrogens (tertiary/aromatic N) is 2. The molecule has 1 amide bonds. The minimum atomic E-state index is 0.127. The molecule has 5 heteroatoms. The maximum absolute atomic E-state index is 12.6. The Bertz CT molecular complexity index is 812. The molecule has 2 saturated heterocycles. The van der Waals surface area contributed by atoms with E-state index >= 15 is 0 Å². The topological polar surface area (TPSA) is 44.8 Å². The summed E-state index contributed by atoms with van der Waals surface area (Å²) in [6, 6.07) is 19.2. The Labute approximate surface area is 186 Å².